The molecule has 2 aromatic rings. The van der Waals surface area contributed by atoms with E-state index in [-0.39, 0.29) is 42.9 Å². The van der Waals surface area contributed by atoms with E-state index in [0.717, 1.165) is 6.54 Å². The van der Waals surface area contributed by atoms with Crippen LogP contribution in [0, 0.1) is 6.92 Å². The molecule has 0 saturated carbocycles. The van der Waals surface area contributed by atoms with Gasteiger partial charge in [-0.15, -0.1) is 0 Å². The van der Waals surface area contributed by atoms with Crippen molar-refractivity contribution in [1.82, 2.24) is 15.6 Å². The van der Waals surface area contributed by atoms with Crippen molar-refractivity contribution in [2.24, 2.45) is 0 Å². The van der Waals surface area contributed by atoms with Crippen LogP contribution in [0.25, 0.3) is 10.9 Å². The maximum Gasteiger partial charge on any atom is 0.342 e. The van der Waals surface area contributed by atoms with E-state index in [1.807, 2.05) is 26.0 Å². The standard InChI is InChI=1S/C23H32N4O5/c1-5-30-22(29)19-14(2)26-16-7-6-8-17(20(16)21(19)24)32-13-23(3,4)27-18(28)11-15-12-25-9-10-31-15/h6-8,15,25H,5,9-13H2,1-4H3,(H2,24,26)(H,27,28). The lowest BCUT2D eigenvalue weighted by Gasteiger charge is -2.29. The second-order valence-electron chi connectivity index (χ2n) is 8.48. The van der Waals surface area contributed by atoms with Gasteiger partial charge in [0.2, 0.25) is 5.91 Å². The second-order valence-corrected chi connectivity index (χ2v) is 8.48. The molecule has 0 bridgehead atoms. The normalized spacial score (nSPS) is 16.6. The molecule has 4 N–H and O–H groups in total. The van der Waals surface area contributed by atoms with Gasteiger partial charge >= 0.3 is 5.97 Å². The number of nitrogens with zero attached hydrogens (tertiary/aromatic N) is 1. The molecule has 9 heteroatoms. The third kappa shape index (κ3) is 5.66. The van der Waals surface area contributed by atoms with Gasteiger partial charge in [-0.05, 0) is 39.8 Å². The largest absolute Gasteiger partial charge is 0.490 e. The molecule has 1 aromatic carbocycles. The zero-order chi connectivity index (χ0) is 23.3. The average molecular weight is 445 g/mol. The summed E-state index contributed by atoms with van der Waals surface area (Å²) in [5.41, 5.74) is 7.35. The smallest absolute Gasteiger partial charge is 0.342 e. The molecule has 32 heavy (non-hydrogen) atoms. The SMILES string of the molecule is CCOC(=O)c1c(C)nc2cccc(OCC(C)(C)NC(=O)CC3CNCCO3)c2c1N. The van der Waals surface area contributed by atoms with Crippen LogP contribution in [0.5, 0.6) is 5.75 Å². The van der Waals surface area contributed by atoms with Gasteiger partial charge in [-0.3, -0.25) is 9.78 Å². The Morgan fingerprint density at radius 2 is 2.16 bits per heavy atom. The first-order chi connectivity index (χ1) is 15.2. The van der Waals surface area contributed by atoms with E-state index in [4.69, 9.17) is 19.9 Å². The summed E-state index contributed by atoms with van der Waals surface area (Å²) in [6.07, 6.45) is 0.151. The number of nitrogens with two attached hydrogens (primary N) is 1. The first-order valence-corrected chi connectivity index (χ1v) is 10.8. The number of pyridine rings is 1. The Balaban J connectivity index is 1.75. The quantitative estimate of drug-likeness (QED) is 0.528. The first kappa shape index (κ1) is 23.7. The molecule has 3 rings (SSSR count). The highest BCUT2D eigenvalue weighted by Crippen LogP contribution is 2.34. The maximum atomic E-state index is 12.5. The number of hydrogen-bond acceptors (Lipinski definition) is 8. The van der Waals surface area contributed by atoms with Gasteiger partial charge in [-0.1, -0.05) is 6.07 Å². The summed E-state index contributed by atoms with van der Waals surface area (Å²) >= 11 is 0. The van der Waals surface area contributed by atoms with Crippen molar-refractivity contribution in [3.8, 4) is 5.75 Å². The van der Waals surface area contributed by atoms with E-state index in [0.29, 0.717) is 35.5 Å². The average Bonchev–Trinajstić information content (AvgIpc) is 2.72. The van der Waals surface area contributed by atoms with Gasteiger partial charge in [0, 0.05) is 13.1 Å². The van der Waals surface area contributed by atoms with Gasteiger partial charge in [0.15, 0.2) is 0 Å². The number of benzene rings is 1. The fraction of sp³-hybridized carbons (Fsp3) is 0.522. The Morgan fingerprint density at radius 1 is 1.38 bits per heavy atom. The Morgan fingerprint density at radius 3 is 2.84 bits per heavy atom. The summed E-state index contributed by atoms with van der Waals surface area (Å²) in [5, 5.41) is 6.76. The number of carbonyl (C=O) groups is 2. The van der Waals surface area contributed by atoms with E-state index in [9.17, 15) is 9.59 Å². The molecule has 2 heterocycles. The van der Waals surface area contributed by atoms with Crippen LogP contribution in [0.3, 0.4) is 0 Å². The highest BCUT2D eigenvalue weighted by Gasteiger charge is 2.26. The van der Waals surface area contributed by atoms with Crippen LogP contribution in [0.2, 0.25) is 0 Å². The van der Waals surface area contributed by atoms with E-state index < -0.39 is 11.5 Å². The topological polar surface area (TPSA) is 125 Å². The molecule has 1 fully saturated rings. The van der Waals surface area contributed by atoms with E-state index in [1.165, 1.54) is 0 Å². The number of aromatic nitrogens is 1. The molecular formula is C23H32N4O5. The summed E-state index contributed by atoms with van der Waals surface area (Å²) in [6, 6.07) is 5.39. The number of fused-ring (bicyclic) bond motifs is 1. The number of amides is 1. The number of morpholine rings is 1. The van der Waals surface area contributed by atoms with Crippen molar-refractivity contribution >= 4 is 28.5 Å². The third-order valence-corrected chi connectivity index (χ3v) is 5.16. The molecule has 9 nitrogen and oxygen atoms in total. The van der Waals surface area contributed by atoms with Gasteiger partial charge in [-0.2, -0.15) is 0 Å². The lowest BCUT2D eigenvalue weighted by Crippen LogP contribution is -2.50. The molecule has 1 aliphatic rings. The Hall–Kier alpha value is -2.91. The first-order valence-electron chi connectivity index (χ1n) is 10.8. The van der Waals surface area contributed by atoms with Gasteiger partial charge in [0.1, 0.15) is 17.9 Å². The zero-order valence-corrected chi connectivity index (χ0v) is 19.1. The molecule has 1 aromatic heterocycles. The monoisotopic (exact) mass is 444 g/mol. The predicted octanol–water partition coefficient (Wildman–Crippen LogP) is 1.95. The Kier molecular flexibility index (Phi) is 7.52. The summed E-state index contributed by atoms with van der Waals surface area (Å²) in [4.78, 5) is 29.4. The van der Waals surface area contributed by atoms with Gasteiger partial charge < -0.3 is 30.6 Å². The highest BCUT2D eigenvalue weighted by atomic mass is 16.5. The van der Waals surface area contributed by atoms with Crippen molar-refractivity contribution in [3.05, 3.63) is 29.5 Å². The van der Waals surface area contributed by atoms with E-state index in [2.05, 4.69) is 15.6 Å². The number of hydrogen-bond donors (Lipinski definition) is 3. The number of rotatable bonds is 8. The van der Waals surface area contributed by atoms with Crippen LogP contribution in [0.1, 0.15) is 43.2 Å². The van der Waals surface area contributed by atoms with Crippen LogP contribution < -0.4 is 21.1 Å². The lowest BCUT2D eigenvalue weighted by molar-refractivity contribution is -0.126. The van der Waals surface area contributed by atoms with Crippen molar-refractivity contribution in [1.29, 1.82) is 0 Å². The molecule has 1 unspecified atom stereocenters. The van der Waals surface area contributed by atoms with E-state index in [1.54, 1.807) is 19.9 Å². The van der Waals surface area contributed by atoms with Crippen LogP contribution in [-0.4, -0.2) is 61.4 Å². The van der Waals surface area contributed by atoms with Gasteiger partial charge in [0.25, 0.3) is 0 Å². The zero-order valence-electron chi connectivity index (χ0n) is 19.1. The second kappa shape index (κ2) is 10.1. The molecule has 0 spiro atoms. The molecule has 1 saturated heterocycles. The number of ether oxygens (including phenoxy) is 3. The minimum absolute atomic E-state index is 0.105. The summed E-state index contributed by atoms with van der Waals surface area (Å²) in [7, 11) is 0. The Labute approximate surface area is 188 Å². The fourth-order valence-corrected chi connectivity index (χ4v) is 3.70. The van der Waals surface area contributed by atoms with Crippen molar-refractivity contribution in [2.45, 2.75) is 45.8 Å². The van der Waals surface area contributed by atoms with Crippen LogP contribution in [0.4, 0.5) is 5.69 Å². The highest BCUT2D eigenvalue weighted by molar-refractivity contribution is 6.07. The number of aryl methyl sites for hydroxylation is 1. The van der Waals surface area contributed by atoms with Crippen molar-refractivity contribution in [2.75, 3.05) is 38.6 Å². The van der Waals surface area contributed by atoms with Gasteiger partial charge in [0.05, 0.1) is 53.6 Å². The maximum absolute atomic E-state index is 12.5. The number of esters is 1. The minimum Gasteiger partial charge on any atom is -0.490 e. The molecule has 0 radical (unpaired) electrons. The number of carbonyl (C=O) groups excluding carboxylic acids is 2. The molecule has 0 aliphatic carbocycles. The number of anilines is 1. The molecule has 1 atom stereocenters. The summed E-state index contributed by atoms with van der Waals surface area (Å²) in [6.45, 7) is 9.73. The van der Waals surface area contributed by atoms with Crippen molar-refractivity contribution < 1.29 is 23.8 Å². The Bertz CT molecular complexity index is 986. The van der Waals surface area contributed by atoms with Gasteiger partial charge in [-0.25, -0.2) is 4.79 Å². The minimum atomic E-state index is -0.641. The number of nitrogens with one attached hydrogen (secondary N) is 2. The summed E-state index contributed by atoms with van der Waals surface area (Å²) < 4.78 is 16.8. The number of nitrogen functional groups attached to an aromatic ring is 1. The molecular weight excluding hydrogens is 412 g/mol. The lowest BCUT2D eigenvalue weighted by atomic mass is 10.0. The van der Waals surface area contributed by atoms with Crippen LogP contribution in [0.15, 0.2) is 18.2 Å². The van der Waals surface area contributed by atoms with Crippen molar-refractivity contribution in [3.63, 3.8) is 0 Å². The van der Waals surface area contributed by atoms with Crippen LogP contribution in [-0.2, 0) is 14.3 Å². The molecule has 1 aliphatic heterocycles. The predicted molar refractivity (Wildman–Crippen MR) is 122 cm³/mol. The van der Waals surface area contributed by atoms with Crippen LogP contribution >= 0.6 is 0 Å². The van der Waals surface area contributed by atoms with E-state index >= 15 is 0 Å². The molecule has 174 valence electrons. The third-order valence-electron chi connectivity index (χ3n) is 5.16. The molecule has 1 amide bonds. The fourth-order valence-electron chi connectivity index (χ4n) is 3.70. The summed E-state index contributed by atoms with van der Waals surface area (Å²) in [5.74, 6) is -0.134.